The first-order valence-corrected chi connectivity index (χ1v) is 5.73. The van der Waals surface area contributed by atoms with Crippen molar-refractivity contribution in [2.45, 2.75) is 27.3 Å². The Morgan fingerprint density at radius 3 is 2.71 bits per heavy atom. The molecular formula is C13H16N2O2. The van der Waals surface area contributed by atoms with Gasteiger partial charge in [-0.3, -0.25) is 19.4 Å². The summed E-state index contributed by atoms with van der Waals surface area (Å²) in [5.41, 5.74) is 1.11. The van der Waals surface area contributed by atoms with Crippen molar-refractivity contribution < 1.29 is 4.79 Å². The van der Waals surface area contributed by atoms with Gasteiger partial charge < -0.3 is 0 Å². The van der Waals surface area contributed by atoms with Gasteiger partial charge in [0.1, 0.15) is 0 Å². The maximum atomic E-state index is 12.2. The van der Waals surface area contributed by atoms with Crippen molar-refractivity contribution in [3.05, 3.63) is 34.1 Å². The molecule has 0 saturated carbocycles. The third-order valence-electron chi connectivity index (χ3n) is 2.71. The van der Waals surface area contributed by atoms with Gasteiger partial charge in [-0.1, -0.05) is 26.0 Å². The summed E-state index contributed by atoms with van der Waals surface area (Å²) in [4.78, 5) is 23.6. The summed E-state index contributed by atoms with van der Waals surface area (Å²) in [7, 11) is 0. The van der Waals surface area contributed by atoms with E-state index in [1.807, 2.05) is 19.9 Å². The van der Waals surface area contributed by atoms with Crippen LogP contribution in [0.15, 0.2) is 23.0 Å². The van der Waals surface area contributed by atoms with Crippen molar-refractivity contribution in [3.63, 3.8) is 0 Å². The second kappa shape index (κ2) is 4.20. The summed E-state index contributed by atoms with van der Waals surface area (Å²) >= 11 is 0. The van der Waals surface area contributed by atoms with Gasteiger partial charge in [-0.05, 0) is 18.9 Å². The number of nitrogens with zero attached hydrogens (tertiary/aromatic N) is 1. The van der Waals surface area contributed by atoms with E-state index in [0.717, 1.165) is 5.52 Å². The summed E-state index contributed by atoms with van der Waals surface area (Å²) in [5.74, 6) is 0.296. The molecule has 0 aliphatic heterocycles. The van der Waals surface area contributed by atoms with E-state index in [-0.39, 0.29) is 11.3 Å². The summed E-state index contributed by atoms with van der Waals surface area (Å²) in [6, 6.07) is 5.30. The van der Waals surface area contributed by atoms with Crippen LogP contribution < -0.4 is 5.56 Å². The van der Waals surface area contributed by atoms with Crippen LogP contribution >= 0.6 is 0 Å². The number of nitrogens with one attached hydrogen (secondary N) is 1. The number of H-pyrrole nitrogens is 1. The first-order valence-electron chi connectivity index (χ1n) is 5.73. The summed E-state index contributed by atoms with van der Waals surface area (Å²) < 4.78 is 1.57. The van der Waals surface area contributed by atoms with Gasteiger partial charge in [-0.25, -0.2) is 0 Å². The average molecular weight is 232 g/mol. The standard InChI is InChI=1S/C13H16N2O2/c1-8(2)7-15-13(17)12-10(9(3)16)5-4-6-11(12)14-15/h4-6,8,14H,7H2,1-3H3. The molecule has 0 saturated heterocycles. The predicted octanol–water partition coefficient (Wildman–Crippen LogP) is 2.19. The van der Waals surface area contributed by atoms with E-state index in [1.165, 1.54) is 6.92 Å². The molecule has 0 bridgehead atoms. The Morgan fingerprint density at radius 2 is 2.12 bits per heavy atom. The minimum Gasteiger partial charge on any atom is -0.295 e. The first kappa shape index (κ1) is 11.6. The lowest BCUT2D eigenvalue weighted by Gasteiger charge is -2.03. The highest BCUT2D eigenvalue weighted by Gasteiger charge is 2.13. The number of rotatable bonds is 3. The molecular weight excluding hydrogens is 216 g/mol. The fourth-order valence-electron chi connectivity index (χ4n) is 1.99. The summed E-state index contributed by atoms with van der Waals surface area (Å²) in [6.07, 6.45) is 0. The van der Waals surface area contributed by atoms with Gasteiger partial charge in [0.05, 0.1) is 10.9 Å². The maximum absolute atomic E-state index is 12.2. The van der Waals surface area contributed by atoms with Crippen LogP contribution in [0.2, 0.25) is 0 Å². The number of ketones is 1. The molecule has 0 atom stereocenters. The van der Waals surface area contributed by atoms with E-state index in [2.05, 4.69) is 5.10 Å². The highest BCUT2D eigenvalue weighted by molar-refractivity contribution is 6.05. The highest BCUT2D eigenvalue weighted by Crippen LogP contribution is 2.14. The van der Waals surface area contributed by atoms with Gasteiger partial charge >= 0.3 is 0 Å². The van der Waals surface area contributed by atoms with Gasteiger partial charge in [-0.15, -0.1) is 0 Å². The van der Waals surface area contributed by atoms with E-state index in [1.54, 1.807) is 16.8 Å². The molecule has 1 aromatic carbocycles. The molecule has 4 nitrogen and oxygen atoms in total. The first-order chi connectivity index (χ1) is 8.00. The molecule has 0 aliphatic rings. The Balaban J connectivity index is 2.70. The number of aromatic nitrogens is 2. The van der Waals surface area contributed by atoms with Gasteiger partial charge in [0.2, 0.25) is 0 Å². The van der Waals surface area contributed by atoms with Crippen LogP contribution in [0.5, 0.6) is 0 Å². The van der Waals surface area contributed by atoms with Gasteiger partial charge in [0.15, 0.2) is 5.78 Å². The van der Waals surface area contributed by atoms with Crippen LogP contribution in [0, 0.1) is 5.92 Å². The van der Waals surface area contributed by atoms with Crippen LogP contribution in [0.25, 0.3) is 10.9 Å². The normalized spacial score (nSPS) is 11.3. The lowest BCUT2D eigenvalue weighted by Crippen LogP contribution is -2.20. The Kier molecular flexibility index (Phi) is 2.88. The highest BCUT2D eigenvalue weighted by atomic mass is 16.1. The molecule has 1 aromatic heterocycles. The fraction of sp³-hybridized carbons (Fsp3) is 0.385. The average Bonchev–Trinajstić information content (AvgIpc) is 2.55. The van der Waals surface area contributed by atoms with Gasteiger partial charge in [-0.2, -0.15) is 0 Å². The summed E-state index contributed by atoms with van der Waals surface area (Å²) in [5, 5.41) is 3.54. The Labute approximate surface area is 99.2 Å². The van der Waals surface area contributed by atoms with Gasteiger partial charge in [0, 0.05) is 12.1 Å². The third kappa shape index (κ3) is 2.02. The number of Topliss-reactive ketones (excluding diaryl/α,β-unsaturated/α-hetero) is 1. The van der Waals surface area contributed by atoms with Crippen molar-refractivity contribution >= 4 is 16.7 Å². The zero-order valence-electron chi connectivity index (χ0n) is 10.3. The number of benzene rings is 1. The second-order valence-electron chi connectivity index (χ2n) is 4.71. The smallest absolute Gasteiger partial charge is 0.275 e. The van der Waals surface area contributed by atoms with E-state index in [0.29, 0.717) is 23.4 Å². The van der Waals surface area contributed by atoms with Crippen LogP contribution in [-0.2, 0) is 6.54 Å². The maximum Gasteiger partial charge on any atom is 0.275 e. The molecule has 0 aliphatic carbocycles. The number of carbonyl (C=O) groups excluding carboxylic acids is 1. The van der Waals surface area contributed by atoms with E-state index in [4.69, 9.17) is 0 Å². The quantitative estimate of drug-likeness (QED) is 0.825. The molecule has 17 heavy (non-hydrogen) atoms. The molecule has 0 radical (unpaired) electrons. The van der Waals surface area contributed by atoms with E-state index >= 15 is 0 Å². The van der Waals surface area contributed by atoms with Crippen molar-refractivity contribution in [2.75, 3.05) is 0 Å². The Hall–Kier alpha value is -1.84. The monoisotopic (exact) mass is 232 g/mol. The molecule has 0 unspecified atom stereocenters. The zero-order valence-corrected chi connectivity index (χ0v) is 10.3. The largest absolute Gasteiger partial charge is 0.295 e. The lowest BCUT2D eigenvalue weighted by atomic mass is 10.1. The number of hydrogen-bond acceptors (Lipinski definition) is 2. The molecule has 1 heterocycles. The summed E-state index contributed by atoms with van der Waals surface area (Å²) in [6.45, 7) is 6.20. The van der Waals surface area contributed by atoms with Crippen LogP contribution in [0.3, 0.4) is 0 Å². The fourth-order valence-corrected chi connectivity index (χ4v) is 1.99. The minimum absolute atomic E-state index is 0.0802. The molecule has 2 aromatic rings. The molecule has 0 spiro atoms. The Morgan fingerprint density at radius 1 is 1.41 bits per heavy atom. The van der Waals surface area contributed by atoms with E-state index < -0.39 is 0 Å². The molecule has 2 rings (SSSR count). The second-order valence-corrected chi connectivity index (χ2v) is 4.71. The SMILES string of the molecule is CC(=O)c1cccc2[nH]n(CC(C)C)c(=O)c12. The van der Waals surface area contributed by atoms with Crippen molar-refractivity contribution in [2.24, 2.45) is 5.92 Å². The van der Waals surface area contributed by atoms with Crippen LogP contribution in [-0.4, -0.2) is 15.6 Å². The number of fused-ring (bicyclic) bond motifs is 1. The van der Waals surface area contributed by atoms with Crippen LogP contribution in [0.1, 0.15) is 31.1 Å². The van der Waals surface area contributed by atoms with Crippen molar-refractivity contribution in [3.8, 4) is 0 Å². The minimum atomic E-state index is -0.112. The van der Waals surface area contributed by atoms with Gasteiger partial charge in [0.25, 0.3) is 5.56 Å². The molecule has 1 N–H and O–H groups in total. The topological polar surface area (TPSA) is 54.9 Å². The molecule has 90 valence electrons. The van der Waals surface area contributed by atoms with E-state index in [9.17, 15) is 9.59 Å². The van der Waals surface area contributed by atoms with Crippen LogP contribution in [0.4, 0.5) is 0 Å². The third-order valence-corrected chi connectivity index (χ3v) is 2.71. The van der Waals surface area contributed by atoms with Crippen molar-refractivity contribution in [1.82, 2.24) is 9.78 Å². The lowest BCUT2D eigenvalue weighted by molar-refractivity contribution is 0.101. The Bertz CT molecular complexity index is 620. The molecule has 0 amide bonds. The number of carbonyl (C=O) groups is 1. The zero-order chi connectivity index (χ0) is 12.6. The van der Waals surface area contributed by atoms with Crippen molar-refractivity contribution in [1.29, 1.82) is 0 Å². The predicted molar refractivity (Wildman–Crippen MR) is 67.4 cm³/mol. The molecule has 0 fully saturated rings. The molecule has 4 heteroatoms. The number of aromatic amines is 1. The number of hydrogen-bond donors (Lipinski definition) is 1.